The van der Waals surface area contributed by atoms with Crippen molar-refractivity contribution in [1.82, 2.24) is 0 Å². The smallest absolute Gasteiger partial charge is 0.127 e. The van der Waals surface area contributed by atoms with Crippen LogP contribution in [0.25, 0.3) is 10.8 Å². The SMILES string of the molecule is CC(C)C(C=O)c1ccc2ccccc2c1. The van der Waals surface area contributed by atoms with Crippen molar-refractivity contribution in [2.75, 3.05) is 0 Å². The average Bonchev–Trinajstić information content (AvgIpc) is 2.29. The summed E-state index contributed by atoms with van der Waals surface area (Å²) in [5.41, 5.74) is 1.11. The molecule has 1 unspecified atom stereocenters. The Bertz CT molecular complexity index is 500. The van der Waals surface area contributed by atoms with E-state index in [1.807, 2.05) is 12.1 Å². The summed E-state index contributed by atoms with van der Waals surface area (Å²) in [7, 11) is 0. The van der Waals surface area contributed by atoms with Crippen LogP contribution < -0.4 is 0 Å². The lowest BCUT2D eigenvalue weighted by atomic mass is 9.89. The van der Waals surface area contributed by atoms with Crippen molar-refractivity contribution >= 4 is 17.1 Å². The zero-order chi connectivity index (χ0) is 11.5. The molecule has 0 amide bonds. The zero-order valence-corrected chi connectivity index (χ0v) is 9.68. The Morgan fingerprint density at radius 1 is 1.00 bits per heavy atom. The minimum atomic E-state index is 0.00426. The van der Waals surface area contributed by atoms with E-state index in [4.69, 9.17) is 0 Å². The number of carbonyl (C=O) groups excluding carboxylic acids is 1. The monoisotopic (exact) mass is 212 g/mol. The molecule has 1 atom stereocenters. The van der Waals surface area contributed by atoms with Crippen molar-refractivity contribution in [1.29, 1.82) is 0 Å². The molecule has 16 heavy (non-hydrogen) atoms. The molecule has 0 saturated carbocycles. The number of aldehydes is 1. The second-order valence-corrected chi connectivity index (χ2v) is 4.51. The molecule has 0 spiro atoms. The third kappa shape index (κ3) is 1.99. The van der Waals surface area contributed by atoms with Crippen LogP contribution >= 0.6 is 0 Å². The lowest BCUT2D eigenvalue weighted by molar-refractivity contribution is -0.109. The molecule has 2 aromatic rings. The van der Waals surface area contributed by atoms with E-state index in [1.54, 1.807) is 0 Å². The van der Waals surface area contributed by atoms with E-state index in [1.165, 1.54) is 10.8 Å². The van der Waals surface area contributed by atoms with E-state index in [2.05, 4.69) is 44.2 Å². The van der Waals surface area contributed by atoms with Crippen LogP contribution in [-0.2, 0) is 4.79 Å². The second-order valence-electron chi connectivity index (χ2n) is 4.51. The highest BCUT2D eigenvalue weighted by atomic mass is 16.1. The van der Waals surface area contributed by atoms with Crippen molar-refractivity contribution < 1.29 is 4.79 Å². The Balaban J connectivity index is 2.49. The predicted octanol–water partition coefficient (Wildman–Crippen LogP) is 3.78. The number of carbonyl (C=O) groups is 1. The summed E-state index contributed by atoms with van der Waals surface area (Å²) >= 11 is 0. The van der Waals surface area contributed by atoms with Crippen LogP contribution in [0.3, 0.4) is 0 Å². The van der Waals surface area contributed by atoms with Gasteiger partial charge in [0.25, 0.3) is 0 Å². The molecule has 82 valence electrons. The van der Waals surface area contributed by atoms with Gasteiger partial charge in [-0.3, -0.25) is 0 Å². The molecule has 1 heteroatoms. The van der Waals surface area contributed by atoms with Gasteiger partial charge in [0.05, 0.1) is 0 Å². The number of benzene rings is 2. The summed E-state index contributed by atoms with van der Waals surface area (Å²) in [6.45, 7) is 4.16. The quantitative estimate of drug-likeness (QED) is 0.708. The fraction of sp³-hybridized carbons (Fsp3) is 0.267. The van der Waals surface area contributed by atoms with Gasteiger partial charge in [0.1, 0.15) is 6.29 Å². The van der Waals surface area contributed by atoms with Crippen LogP contribution in [-0.4, -0.2) is 6.29 Å². The van der Waals surface area contributed by atoms with Crippen LogP contribution in [0.5, 0.6) is 0 Å². The van der Waals surface area contributed by atoms with E-state index in [0.717, 1.165) is 11.8 Å². The van der Waals surface area contributed by atoms with Gasteiger partial charge in [0.15, 0.2) is 0 Å². The first-order chi connectivity index (χ1) is 7.72. The van der Waals surface area contributed by atoms with Crippen molar-refractivity contribution in [3.8, 4) is 0 Å². The summed E-state index contributed by atoms with van der Waals surface area (Å²) in [5, 5.41) is 2.42. The Morgan fingerprint density at radius 2 is 1.69 bits per heavy atom. The number of hydrogen-bond acceptors (Lipinski definition) is 1. The van der Waals surface area contributed by atoms with Crippen molar-refractivity contribution in [2.24, 2.45) is 5.92 Å². The van der Waals surface area contributed by atoms with Gasteiger partial charge < -0.3 is 4.79 Å². The summed E-state index contributed by atoms with van der Waals surface area (Å²) in [4.78, 5) is 11.1. The first-order valence-corrected chi connectivity index (χ1v) is 5.66. The molecule has 0 radical (unpaired) electrons. The fourth-order valence-electron chi connectivity index (χ4n) is 2.04. The van der Waals surface area contributed by atoms with E-state index in [0.29, 0.717) is 5.92 Å². The fourth-order valence-corrected chi connectivity index (χ4v) is 2.04. The average molecular weight is 212 g/mol. The van der Waals surface area contributed by atoms with Gasteiger partial charge in [0, 0.05) is 5.92 Å². The predicted molar refractivity (Wildman–Crippen MR) is 67.6 cm³/mol. The van der Waals surface area contributed by atoms with Crippen LogP contribution in [0.2, 0.25) is 0 Å². The van der Waals surface area contributed by atoms with Crippen molar-refractivity contribution in [2.45, 2.75) is 19.8 Å². The van der Waals surface area contributed by atoms with Crippen LogP contribution in [0.15, 0.2) is 42.5 Å². The molecule has 1 nitrogen and oxygen atoms in total. The van der Waals surface area contributed by atoms with Gasteiger partial charge in [0.2, 0.25) is 0 Å². The molecule has 0 saturated heterocycles. The Morgan fingerprint density at radius 3 is 2.31 bits per heavy atom. The van der Waals surface area contributed by atoms with Gasteiger partial charge >= 0.3 is 0 Å². The third-order valence-electron chi connectivity index (χ3n) is 3.02. The standard InChI is InChI=1S/C15H16O/c1-11(2)15(10-16)14-8-7-12-5-3-4-6-13(12)9-14/h3-11,15H,1-2H3. The maximum absolute atomic E-state index is 11.1. The Labute approximate surface area is 96.1 Å². The zero-order valence-electron chi connectivity index (χ0n) is 9.68. The molecule has 0 N–H and O–H groups in total. The molecule has 0 fully saturated rings. The van der Waals surface area contributed by atoms with Crippen molar-refractivity contribution in [3.05, 3.63) is 48.0 Å². The van der Waals surface area contributed by atoms with Gasteiger partial charge in [-0.05, 0) is 22.3 Å². The Kier molecular flexibility index (Phi) is 3.04. The van der Waals surface area contributed by atoms with Gasteiger partial charge in [-0.25, -0.2) is 0 Å². The minimum Gasteiger partial charge on any atom is -0.303 e. The summed E-state index contributed by atoms with van der Waals surface area (Å²) in [5.74, 6) is 0.350. The number of fused-ring (bicyclic) bond motifs is 1. The van der Waals surface area contributed by atoms with Gasteiger partial charge in [-0.2, -0.15) is 0 Å². The highest BCUT2D eigenvalue weighted by Gasteiger charge is 2.14. The molecule has 0 aliphatic rings. The lowest BCUT2D eigenvalue weighted by Crippen LogP contribution is -2.07. The first-order valence-electron chi connectivity index (χ1n) is 5.66. The highest BCUT2D eigenvalue weighted by Crippen LogP contribution is 2.25. The Hall–Kier alpha value is -1.63. The third-order valence-corrected chi connectivity index (χ3v) is 3.02. The molecule has 0 aromatic heterocycles. The van der Waals surface area contributed by atoms with Crippen molar-refractivity contribution in [3.63, 3.8) is 0 Å². The second kappa shape index (κ2) is 4.48. The summed E-state index contributed by atoms with van der Waals surface area (Å²) in [6, 6.07) is 14.5. The van der Waals surface area contributed by atoms with E-state index in [-0.39, 0.29) is 5.92 Å². The summed E-state index contributed by atoms with van der Waals surface area (Å²) < 4.78 is 0. The number of rotatable bonds is 3. The molecular formula is C15H16O. The number of hydrogen-bond donors (Lipinski definition) is 0. The molecule has 0 aliphatic carbocycles. The molecule has 2 rings (SSSR count). The maximum atomic E-state index is 11.1. The molecule has 0 aliphatic heterocycles. The molecular weight excluding hydrogens is 196 g/mol. The summed E-state index contributed by atoms with van der Waals surface area (Å²) in [6.07, 6.45) is 1.05. The molecule has 0 heterocycles. The minimum absolute atomic E-state index is 0.00426. The van der Waals surface area contributed by atoms with Gasteiger partial charge in [-0.1, -0.05) is 56.3 Å². The first kappa shape index (κ1) is 10.9. The molecule has 2 aromatic carbocycles. The topological polar surface area (TPSA) is 17.1 Å². The van der Waals surface area contributed by atoms with E-state index >= 15 is 0 Å². The largest absolute Gasteiger partial charge is 0.303 e. The van der Waals surface area contributed by atoms with Crippen LogP contribution in [0.4, 0.5) is 0 Å². The van der Waals surface area contributed by atoms with Crippen LogP contribution in [0, 0.1) is 5.92 Å². The van der Waals surface area contributed by atoms with Gasteiger partial charge in [-0.15, -0.1) is 0 Å². The highest BCUT2D eigenvalue weighted by molar-refractivity contribution is 5.84. The van der Waals surface area contributed by atoms with E-state index in [9.17, 15) is 4.79 Å². The van der Waals surface area contributed by atoms with E-state index < -0.39 is 0 Å². The molecule has 0 bridgehead atoms. The normalized spacial score (nSPS) is 12.9. The lowest BCUT2D eigenvalue weighted by Gasteiger charge is -2.15. The maximum Gasteiger partial charge on any atom is 0.127 e. The van der Waals surface area contributed by atoms with Crippen LogP contribution in [0.1, 0.15) is 25.3 Å².